The zero-order valence-electron chi connectivity index (χ0n) is 11.8. The molecule has 0 bridgehead atoms. The molecule has 0 fully saturated rings. The topological polar surface area (TPSA) is 54.0 Å². The molecule has 1 heterocycles. The number of carbonyl (C=O) groups is 1. The average Bonchev–Trinajstić information content (AvgIpc) is 3.03. The third-order valence-corrected chi connectivity index (χ3v) is 3.80. The Kier molecular flexibility index (Phi) is 4.46. The van der Waals surface area contributed by atoms with Crippen molar-refractivity contribution in [3.05, 3.63) is 66.0 Å². The molecule has 2 aromatic carbocycles. The van der Waals surface area contributed by atoms with Crippen LogP contribution in [0.1, 0.15) is 0 Å². The van der Waals surface area contributed by atoms with Gasteiger partial charge in [0.1, 0.15) is 0 Å². The Morgan fingerprint density at radius 2 is 1.68 bits per heavy atom. The average molecular weight is 309 g/mol. The van der Waals surface area contributed by atoms with E-state index in [0.717, 1.165) is 16.9 Å². The number of carbonyl (C=O) groups excluding carboxylic acids is 1. The first-order valence-electron chi connectivity index (χ1n) is 6.91. The van der Waals surface area contributed by atoms with Crippen molar-refractivity contribution in [1.29, 1.82) is 0 Å². The first kappa shape index (κ1) is 14.3. The summed E-state index contributed by atoms with van der Waals surface area (Å²) >= 11 is 1.42. The van der Waals surface area contributed by atoms with E-state index in [-0.39, 0.29) is 12.5 Å². The zero-order chi connectivity index (χ0) is 15.2. The fraction of sp³-hybridized carbons (Fsp3) is 0.0588. The van der Waals surface area contributed by atoms with Gasteiger partial charge in [0, 0.05) is 16.6 Å². The molecular weight excluding hydrogens is 294 g/mol. The molecule has 0 spiro atoms. The van der Waals surface area contributed by atoms with Crippen LogP contribution in [0.3, 0.4) is 0 Å². The summed E-state index contributed by atoms with van der Waals surface area (Å²) in [7, 11) is 0. The molecule has 0 atom stereocenters. The Morgan fingerprint density at radius 3 is 2.41 bits per heavy atom. The maximum atomic E-state index is 11.9. The van der Waals surface area contributed by atoms with Crippen molar-refractivity contribution in [3.8, 4) is 11.3 Å². The Hall–Kier alpha value is -2.66. The van der Waals surface area contributed by atoms with E-state index in [9.17, 15) is 4.79 Å². The van der Waals surface area contributed by atoms with Gasteiger partial charge in [0.05, 0.1) is 12.2 Å². The number of benzene rings is 2. The van der Waals surface area contributed by atoms with E-state index in [0.29, 0.717) is 5.13 Å². The van der Waals surface area contributed by atoms with Crippen LogP contribution >= 0.6 is 11.3 Å². The number of thiazole rings is 1. The van der Waals surface area contributed by atoms with Crippen LogP contribution in [0.4, 0.5) is 10.8 Å². The van der Waals surface area contributed by atoms with Gasteiger partial charge in [-0.3, -0.25) is 4.79 Å². The number of nitrogens with zero attached hydrogens (tertiary/aromatic N) is 1. The van der Waals surface area contributed by atoms with Gasteiger partial charge < -0.3 is 10.6 Å². The second kappa shape index (κ2) is 6.87. The van der Waals surface area contributed by atoms with Crippen LogP contribution in [-0.4, -0.2) is 17.4 Å². The largest absolute Gasteiger partial charge is 0.376 e. The minimum Gasteiger partial charge on any atom is -0.376 e. The van der Waals surface area contributed by atoms with E-state index >= 15 is 0 Å². The minimum absolute atomic E-state index is 0.113. The van der Waals surface area contributed by atoms with Crippen LogP contribution in [0, 0.1) is 0 Å². The molecule has 0 radical (unpaired) electrons. The summed E-state index contributed by atoms with van der Waals surface area (Å²) in [5.74, 6) is -0.113. The van der Waals surface area contributed by atoms with Crippen molar-refractivity contribution in [2.45, 2.75) is 0 Å². The van der Waals surface area contributed by atoms with E-state index in [1.807, 2.05) is 66.0 Å². The summed E-state index contributed by atoms with van der Waals surface area (Å²) in [5, 5.41) is 8.43. The second-order valence-corrected chi connectivity index (χ2v) is 5.53. The highest BCUT2D eigenvalue weighted by Crippen LogP contribution is 2.24. The van der Waals surface area contributed by atoms with Crippen LogP contribution in [0.2, 0.25) is 0 Å². The van der Waals surface area contributed by atoms with Gasteiger partial charge in [-0.15, -0.1) is 11.3 Å². The van der Waals surface area contributed by atoms with Crippen LogP contribution in [-0.2, 0) is 4.79 Å². The van der Waals surface area contributed by atoms with E-state index in [1.165, 1.54) is 11.3 Å². The third kappa shape index (κ3) is 3.71. The normalized spacial score (nSPS) is 10.2. The van der Waals surface area contributed by atoms with Crippen molar-refractivity contribution in [2.24, 2.45) is 0 Å². The van der Waals surface area contributed by atoms with Gasteiger partial charge in [0.15, 0.2) is 5.13 Å². The lowest BCUT2D eigenvalue weighted by Gasteiger charge is -2.05. The highest BCUT2D eigenvalue weighted by Gasteiger charge is 2.07. The van der Waals surface area contributed by atoms with Crippen molar-refractivity contribution >= 4 is 28.1 Å². The molecule has 22 heavy (non-hydrogen) atoms. The van der Waals surface area contributed by atoms with E-state index in [1.54, 1.807) is 0 Å². The number of anilines is 2. The van der Waals surface area contributed by atoms with Crippen LogP contribution < -0.4 is 10.6 Å². The lowest BCUT2D eigenvalue weighted by molar-refractivity contribution is -0.114. The first-order valence-corrected chi connectivity index (χ1v) is 7.79. The maximum Gasteiger partial charge on any atom is 0.245 e. The Labute approximate surface area is 132 Å². The number of hydrogen-bond donors (Lipinski definition) is 2. The number of para-hydroxylation sites is 1. The van der Waals surface area contributed by atoms with Gasteiger partial charge in [-0.05, 0) is 12.1 Å². The smallest absolute Gasteiger partial charge is 0.245 e. The van der Waals surface area contributed by atoms with E-state index in [4.69, 9.17) is 0 Å². The molecule has 3 rings (SSSR count). The minimum atomic E-state index is -0.113. The monoisotopic (exact) mass is 309 g/mol. The third-order valence-electron chi connectivity index (χ3n) is 3.05. The lowest BCUT2D eigenvalue weighted by Crippen LogP contribution is -2.21. The predicted molar refractivity (Wildman–Crippen MR) is 91.1 cm³/mol. The van der Waals surface area contributed by atoms with Crippen LogP contribution in [0.5, 0.6) is 0 Å². The molecule has 0 aliphatic heterocycles. The van der Waals surface area contributed by atoms with Gasteiger partial charge >= 0.3 is 0 Å². The fourth-order valence-corrected chi connectivity index (χ4v) is 2.71. The second-order valence-electron chi connectivity index (χ2n) is 4.67. The van der Waals surface area contributed by atoms with Gasteiger partial charge in [0.25, 0.3) is 0 Å². The van der Waals surface area contributed by atoms with Crippen LogP contribution in [0.15, 0.2) is 66.0 Å². The molecule has 5 heteroatoms. The van der Waals surface area contributed by atoms with Crippen molar-refractivity contribution in [3.63, 3.8) is 0 Å². The van der Waals surface area contributed by atoms with Crippen LogP contribution in [0.25, 0.3) is 11.3 Å². The number of hydrogen-bond acceptors (Lipinski definition) is 4. The number of amides is 1. The van der Waals surface area contributed by atoms with Gasteiger partial charge in [-0.1, -0.05) is 48.5 Å². The Morgan fingerprint density at radius 1 is 1.00 bits per heavy atom. The number of nitrogens with one attached hydrogen (secondary N) is 2. The highest BCUT2D eigenvalue weighted by molar-refractivity contribution is 7.14. The van der Waals surface area contributed by atoms with Crippen molar-refractivity contribution in [2.75, 3.05) is 17.2 Å². The summed E-state index contributed by atoms with van der Waals surface area (Å²) in [4.78, 5) is 16.4. The summed E-state index contributed by atoms with van der Waals surface area (Å²) in [6.45, 7) is 0.213. The molecular formula is C17H15N3OS. The zero-order valence-corrected chi connectivity index (χ0v) is 12.6. The van der Waals surface area contributed by atoms with E-state index < -0.39 is 0 Å². The number of rotatable bonds is 5. The molecule has 3 aromatic rings. The molecule has 0 aliphatic rings. The standard InChI is InChI=1S/C17H15N3OS/c21-16(11-18-14-9-5-2-6-10-14)20-17-19-15(12-22-17)13-7-3-1-4-8-13/h1-10,12,18H,11H2,(H,19,20,21). The number of aromatic nitrogens is 1. The first-order chi connectivity index (χ1) is 10.8. The van der Waals surface area contributed by atoms with Gasteiger partial charge in [-0.2, -0.15) is 0 Å². The molecule has 0 aliphatic carbocycles. The van der Waals surface area contributed by atoms with Crippen molar-refractivity contribution < 1.29 is 4.79 Å². The molecule has 1 amide bonds. The Balaban J connectivity index is 1.57. The van der Waals surface area contributed by atoms with Gasteiger partial charge in [-0.25, -0.2) is 4.98 Å². The fourth-order valence-electron chi connectivity index (χ4n) is 1.97. The molecule has 0 saturated heterocycles. The molecule has 0 unspecified atom stereocenters. The van der Waals surface area contributed by atoms with E-state index in [2.05, 4.69) is 15.6 Å². The predicted octanol–water partition coefficient (Wildman–Crippen LogP) is 3.86. The Bertz CT molecular complexity index is 741. The maximum absolute atomic E-state index is 11.9. The summed E-state index contributed by atoms with van der Waals surface area (Å²) in [6.07, 6.45) is 0. The summed E-state index contributed by atoms with van der Waals surface area (Å²) < 4.78 is 0. The highest BCUT2D eigenvalue weighted by atomic mass is 32.1. The molecule has 0 saturated carbocycles. The molecule has 110 valence electrons. The molecule has 1 aromatic heterocycles. The lowest BCUT2D eigenvalue weighted by atomic mass is 10.2. The molecule has 2 N–H and O–H groups in total. The summed E-state index contributed by atoms with van der Waals surface area (Å²) in [5.41, 5.74) is 2.83. The molecule has 4 nitrogen and oxygen atoms in total. The quantitative estimate of drug-likeness (QED) is 0.752. The van der Waals surface area contributed by atoms with Gasteiger partial charge in [0.2, 0.25) is 5.91 Å². The summed E-state index contributed by atoms with van der Waals surface area (Å²) in [6, 6.07) is 19.5. The van der Waals surface area contributed by atoms with Crippen molar-refractivity contribution in [1.82, 2.24) is 4.98 Å². The SMILES string of the molecule is O=C(CNc1ccccc1)Nc1nc(-c2ccccc2)cs1.